The highest BCUT2D eigenvalue weighted by Crippen LogP contribution is 2.38. The zero-order valence-electron chi connectivity index (χ0n) is 11.6. The van der Waals surface area contributed by atoms with Crippen molar-refractivity contribution >= 4 is 23.4 Å². The maximum atomic E-state index is 9.57. The van der Waals surface area contributed by atoms with E-state index in [1.54, 1.807) is 0 Å². The summed E-state index contributed by atoms with van der Waals surface area (Å²) in [6, 6.07) is 7.07. The predicted octanol–water partition coefficient (Wildman–Crippen LogP) is 4.02. The maximum absolute atomic E-state index is 9.57. The number of hydrogen-bond donors (Lipinski definition) is 2. The van der Waals surface area contributed by atoms with Crippen LogP contribution in [0.15, 0.2) is 23.1 Å². The fourth-order valence-corrected chi connectivity index (χ4v) is 4.73. The SMILES string of the molecule is OCC1CCCCC1NC1CCSc2ccc(Cl)cc21. The van der Waals surface area contributed by atoms with Crippen molar-refractivity contribution in [1.29, 1.82) is 0 Å². The van der Waals surface area contributed by atoms with Gasteiger partial charge in [-0.15, -0.1) is 11.8 Å². The van der Waals surface area contributed by atoms with Gasteiger partial charge in [0.05, 0.1) is 0 Å². The molecule has 3 unspecified atom stereocenters. The first-order valence-electron chi connectivity index (χ1n) is 7.57. The number of fused-ring (bicyclic) bond motifs is 1. The van der Waals surface area contributed by atoms with Gasteiger partial charge in [0.15, 0.2) is 0 Å². The van der Waals surface area contributed by atoms with E-state index in [2.05, 4.69) is 17.4 Å². The van der Waals surface area contributed by atoms with Crippen molar-refractivity contribution in [3.05, 3.63) is 28.8 Å². The first-order valence-corrected chi connectivity index (χ1v) is 8.93. The second-order valence-corrected chi connectivity index (χ2v) is 7.45. The molecule has 110 valence electrons. The first-order chi connectivity index (χ1) is 9.78. The van der Waals surface area contributed by atoms with E-state index >= 15 is 0 Å². The summed E-state index contributed by atoms with van der Waals surface area (Å²) in [7, 11) is 0. The molecule has 2 N–H and O–H groups in total. The van der Waals surface area contributed by atoms with Crippen molar-refractivity contribution < 1.29 is 5.11 Å². The average molecular weight is 312 g/mol. The van der Waals surface area contributed by atoms with Crippen LogP contribution in [-0.4, -0.2) is 23.5 Å². The average Bonchev–Trinajstić information content (AvgIpc) is 2.48. The minimum absolute atomic E-state index is 0.307. The summed E-state index contributed by atoms with van der Waals surface area (Å²) in [5, 5.41) is 14.2. The molecule has 0 bridgehead atoms. The lowest BCUT2D eigenvalue weighted by molar-refractivity contribution is 0.145. The van der Waals surface area contributed by atoms with Gasteiger partial charge in [0, 0.05) is 28.6 Å². The van der Waals surface area contributed by atoms with Crippen molar-refractivity contribution in [3.63, 3.8) is 0 Å². The normalized spacial score (nSPS) is 30.0. The number of thioether (sulfide) groups is 1. The summed E-state index contributed by atoms with van der Waals surface area (Å²) in [6.45, 7) is 0.307. The summed E-state index contributed by atoms with van der Waals surface area (Å²) in [4.78, 5) is 1.36. The van der Waals surface area contributed by atoms with Crippen molar-refractivity contribution in [2.45, 2.75) is 49.1 Å². The Kier molecular flexibility index (Phi) is 4.92. The number of aliphatic hydroxyl groups is 1. The third-order valence-corrected chi connectivity index (χ3v) is 5.93. The quantitative estimate of drug-likeness (QED) is 0.884. The van der Waals surface area contributed by atoms with Gasteiger partial charge in [0.25, 0.3) is 0 Å². The molecular weight excluding hydrogens is 290 g/mol. The first kappa shape index (κ1) is 14.7. The highest BCUT2D eigenvalue weighted by molar-refractivity contribution is 7.99. The second-order valence-electron chi connectivity index (χ2n) is 5.87. The zero-order chi connectivity index (χ0) is 13.9. The summed E-state index contributed by atoms with van der Waals surface area (Å²) in [6.07, 6.45) is 6.01. The Labute approximate surface area is 130 Å². The molecule has 1 heterocycles. The largest absolute Gasteiger partial charge is 0.396 e. The monoisotopic (exact) mass is 311 g/mol. The van der Waals surface area contributed by atoms with Crippen LogP contribution in [-0.2, 0) is 0 Å². The molecule has 1 aromatic carbocycles. The molecule has 1 aliphatic heterocycles. The Hall–Kier alpha value is -0.220. The van der Waals surface area contributed by atoms with E-state index in [1.165, 1.54) is 29.7 Å². The molecule has 1 fully saturated rings. The smallest absolute Gasteiger partial charge is 0.0474 e. The topological polar surface area (TPSA) is 32.3 Å². The van der Waals surface area contributed by atoms with Gasteiger partial charge in [-0.25, -0.2) is 0 Å². The van der Waals surface area contributed by atoms with E-state index in [0.717, 1.165) is 23.6 Å². The Bertz CT molecular complexity index is 468. The molecule has 20 heavy (non-hydrogen) atoms. The zero-order valence-corrected chi connectivity index (χ0v) is 13.2. The van der Waals surface area contributed by atoms with Gasteiger partial charge in [0.2, 0.25) is 0 Å². The van der Waals surface area contributed by atoms with Crippen LogP contribution in [0.3, 0.4) is 0 Å². The van der Waals surface area contributed by atoms with Crippen LogP contribution in [0.4, 0.5) is 0 Å². The lowest BCUT2D eigenvalue weighted by Gasteiger charge is -2.36. The molecule has 1 saturated carbocycles. The minimum atomic E-state index is 0.307. The van der Waals surface area contributed by atoms with Gasteiger partial charge in [-0.2, -0.15) is 0 Å². The van der Waals surface area contributed by atoms with E-state index in [-0.39, 0.29) is 0 Å². The standard InChI is InChI=1S/C16H22ClNOS/c17-12-5-6-16-13(9-12)15(7-8-20-16)18-14-4-2-1-3-11(14)10-19/h5-6,9,11,14-15,18-19H,1-4,7-8,10H2. The van der Waals surface area contributed by atoms with Crippen LogP contribution in [0.1, 0.15) is 43.7 Å². The van der Waals surface area contributed by atoms with E-state index in [1.807, 2.05) is 17.8 Å². The number of nitrogens with one attached hydrogen (secondary N) is 1. The number of hydrogen-bond acceptors (Lipinski definition) is 3. The van der Waals surface area contributed by atoms with E-state index in [4.69, 9.17) is 11.6 Å². The second kappa shape index (κ2) is 6.69. The molecule has 3 atom stereocenters. The fourth-order valence-electron chi connectivity index (χ4n) is 3.44. The summed E-state index contributed by atoms with van der Waals surface area (Å²) < 4.78 is 0. The Morgan fingerprint density at radius 2 is 2.10 bits per heavy atom. The molecule has 2 nitrogen and oxygen atoms in total. The molecule has 1 aromatic rings. The highest BCUT2D eigenvalue weighted by Gasteiger charge is 2.29. The van der Waals surface area contributed by atoms with Crippen molar-refractivity contribution in [1.82, 2.24) is 5.32 Å². The fraction of sp³-hybridized carbons (Fsp3) is 0.625. The minimum Gasteiger partial charge on any atom is -0.396 e. The van der Waals surface area contributed by atoms with Crippen molar-refractivity contribution in [2.24, 2.45) is 5.92 Å². The molecular formula is C16H22ClNOS. The van der Waals surface area contributed by atoms with Crippen LogP contribution < -0.4 is 5.32 Å². The number of halogens is 1. The predicted molar refractivity (Wildman–Crippen MR) is 85.5 cm³/mol. The molecule has 4 heteroatoms. The van der Waals surface area contributed by atoms with E-state index < -0.39 is 0 Å². The number of benzene rings is 1. The van der Waals surface area contributed by atoms with E-state index in [0.29, 0.717) is 24.6 Å². The van der Waals surface area contributed by atoms with Gasteiger partial charge in [-0.1, -0.05) is 24.4 Å². The molecule has 0 aromatic heterocycles. The molecule has 0 saturated heterocycles. The lowest BCUT2D eigenvalue weighted by Crippen LogP contribution is -2.42. The third kappa shape index (κ3) is 3.16. The van der Waals surface area contributed by atoms with Gasteiger partial charge in [0.1, 0.15) is 0 Å². The van der Waals surface area contributed by atoms with Crippen LogP contribution in [0.5, 0.6) is 0 Å². The van der Waals surface area contributed by atoms with Crippen LogP contribution in [0.2, 0.25) is 5.02 Å². The Morgan fingerprint density at radius 1 is 1.25 bits per heavy atom. The lowest BCUT2D eigenvalue weighted by atomic mass is 9.84. The highest BCUT2D eigenvalue weighted by atomic mass is 35.5. The molecule has 0 spiro atoms. The van der Waals surface area contributed by atoms with E-state index in [9.17, 15) is 5.11 Å². The summed E-state index contributed by atoms with van der Waals surface area (Å²) in [5.74, 6) is 1.57. The van der Waals surface area contributed by atoms with Crippen LogP contribution in [0.25, 0.3) is 0 Å². The number of rotatable bonds is 3. The maximum Gasteiger partial charge on any atom is 0.0474 e. The molecule has 3 rings (SSSR count). The van der Waals surface area contributed by atoms with Crippen LogP contribution in [0, 0.1) is 5.92 Å². The molecule has 0 radical (unpaired) electrons. The van der Waals surface area contributed by atoms with Gasteiger partial charge < -0.3 is 10.4 Å². The Morgan fingerprint density at radius 3 is 2.95 bits per heavy atom. The summed E-state index contributed by atoms with van der Waals surface area (Å²) >= 11 is 8.09. The molecule has 0 amide bonds. The third-order valence-electron chi connectivity index (χ3n) is 4.57. The van der Waals surface area contributed by atoms with Crippen molar-refractivity contribution in [3.8, 4) is 0 Å². The van der Waals surface area contributed by atoms with Gasteiger partial charge in [-0.3, -0.25) is 0 Å². The van der Waals surface area contributed by atoms with Gasteiger partial charge >= 0.3 is 0 Å². The van der Waals surface area contributed by atoms with Crippen LogP contribution >= 0.6 is 23.4 Å². The van der Waals surface area contributed by atoms with Gasteiger partial charge in [-0.05, 0) is 54.7 Å². The molecule has 2 aliphatic rings. The van der Waals surface area contributed by atoms with Crippen molar-refractivity contribution in [2.75, 3.05) is 12.4 Å². The Balaban J connectivity index is 1.76. The summed E-state index contributed by atoms with van der Waals surface area (Å²) in [5.41, 5.74) is 1.34. The molecule has 1 aliphatic carbocycles. The number of aliphatic hydroxyl groups excluding tert-OH is 1.